The van der Waals surface area contributed by atoms with Crippen LogP contribution in [0.4, 0.5) is 21.5 Å². The standard InChI is InChI=1S/C14H14ClFN2O/c1-2-19-14-8-13(12(17)7-11(14)16)18-10-5-3-4-9(15)6-10/h3-8,18H,2,17H2,1H3. The number of ether oxygens (including phenoxy) is 1. The van der Waals surface area contributed by atoms with E-state index in [0.29, 0.717) is 23.0 Å². The van der Waals surface area contributed by atoms with Crippen molar-refractivity contribution in [2.24, 2.45) is 0 Å². The molecule has 0 fully saturated rings. The van der Waals surface area contributed by atoms with Gasteiger partial charge in [0.1, 0.15) is 0 Å². The molecule has 0 radical (unpaired) electrons. The second-order valence-corrected chi connectivity index (χ2v) is 4.37. The Bertz CT molecular complexity index is 590. The van der Waals surface area contributed by atoms with Gasteiger partial charge >= 0.3 is 0 Å². The Morgan fingerprint density at radius 2 is 2.11 bits per heavy atom. The van der Waals surface area contributed by atoms with Gasteiger partial charge in [-0.15, -0.1) is 0 Å². The lowest BCUT2D eigenvalue weighted by Gasteiger charge is -2.12. The van der Waals surface area contributed by atoms with Crippen LogP contribution in [0.3, 0.4) is 0 Å². The van der Waals surface area contributed by atoms with Crippen molar-refractivity contribution in [1.29, 1.82) is 0 Å². The van der Waals surface area contributed by atoms with E-state index in [1.54, 1.807) is 19.1 Å². The molecule has 0 atom stereocenters. The van der Waals surface area contributed by atoms with Crippen molar-refractivity contribution in [1.82, 2.24) is 0 Å². The molecule has 0 aliphatic carbocycles. The van der Waals surface area contributed by atoms with Crippen LogP contribution in [0.15, 0.2) is 36.4 Å². The smallest absolute Gasteiger partial charge is 0.167 e. The Kier molecular flexibility index (Phi) is 4.12. The SMILES string of the molecule is CCOc1cc(Nc2cccc(Cl)c2)c(N)cc1F. The van der Waals surface area contributed by atoms with Crippen molar-refractivity contribution >= 4 is 28.7 Å². The van der Waals surface area contributed by atoms with E-state index in [2.05, 4.69) is 5.32 Å². The summed E-state index contributed by atoms with van der Waals surface area (Å²) in [4.78, 5) is 0. The number of anilines is 3. The molecule has 0 aliphatic rings. The van der Waals surface area contributed by atoms with Gasteiger partial charge in [-0.3, -0.25) is 0 Å². The second kappa shape index (κ2) is 5.80. The van der Waals surface area contributed by atoms with Crippen LogP contribution in [0.25, 0.3) is 0 Å². The molecule has 5 heteroatoms. The molecular formula is C14H14ClFN2O. The van der Waals surface area contributed by atoms with E-state index in [-0.39, 0.29) is 5.75 Å². The van der Waals surface area contributed by atoms with Crippen LogP contribution in [-0.4, -0.2) is 6.61 Å². The van der Waals surface area contributed by atoms with E-state index in [9.17, 15) is 4.39 Å². The molecule has 2 aromatic rings. The molecule has 0 aromatic heterocycles. The molecule has 0 bridgehead atoms. The molecule has 3 nitrogen and oxygen atoms in total. The molecule has 3 N–H and O–H groups in total. The van der Waals surface area contributed by atoms with Crippen molar-refractivity contribution in [3.63, 3.8) is 0 Å². The lowest BCUT2D eigenvalue weighted by Crippen LogP contribution is -2.01. The minimum Gasteiger partial charge on any atom is -0.491 e. The monoisotopic (exact) mass is 280 g/mol. The Morgan fingerprint density at radius 3 is 2.79 bits per heavy atom. The highest BCUT2D eigenvalue weighted by molar-refractivity contribution is 6.30. The molecule has 0 saturated heterocycles. The minimum atomic E-state index is -0.476. The number of nitrogens with two attached hydrogens (primary N) is 1. The summed E-state index contributed by atoms with van der Waals surface area (Å²) in [5.74, 6) is -0.308. The van der Waals surface area contributed by atoms with Crippen LogP contribution in [-0.2, 0) is 0 Å². The number of rotatable bonds is 4. The maximum absolute atomic E-state index is 13.6. The van der Waals surface area contributed by atoms with Crippen molar-refractivity contribution in [2.75, 3.05) is 17.7 Å². The normalized spacial score (nSPS) is 10.3. The molecule has 0 unspecified atom stereocenters. The molecule has 0 amide bonds. The van der Waals surface area contributed by atoms with Gasteiger partial charge in [0, 0.05) is 22.8 Å². The highest BCUT2D eigenvalue weighted by atomic mass is 35.5. The van der Waals surface area contributed by atoms with Crippen molar-refractivity contribution in [3.8, 4) is 5.75 Å². The summed E-state index contributed by atoms with van der Waals surface area (Å²) in [6.45, 7) is 2.18. The van der Waals surface area contributed by atoms with Crippen LogP contribution in [0.5, 0.6) is 5.75 Å². The second-order valence-electron chi connectivity index (χ2n) is 3.94. The van der Waals surface area contributed by atoms with Gasteiger partial charge in [-0.05, 0) is 25.1 Å². The number of nitrogen functional groups attached to an aromatic ring is 1. The quantitative estimate of drug-likeness (QED) is 0.825. The molecule has 2 aromatic carbocycles. The van der Waals surface area contributed by atoms with Crippen LogP contribution in [0.1, 0.15) is 6.92 Å². The zero-order chi connectivity index (χ0) is 13.8. The average Bonchev–Trinajstić information content (AvgIpc) is 2.35. The van der Waals surface area contributed by atoms with Gasteiger partial charge in [0.2, 0.25) is 0 Å². The number of hydrogen-bond donors (Lipinski definition) is 2. The Labute approximate surface area is 116 Å². The number of halogens is 2. The van der Waals surface area contributed by atoms with Gasteiger partial charge in [0.15, 0.2) is 11.6 Å². The van der Waals surface area contributed by atoms with Crippen LogP contribution in [0, 0.1) is 5.82 Å². The first kappa shape index (κ1) is 13.5. The summed E-state index contributed by atoms with van der Waals surface area (Å²) >= 11 is 5.90. The topological polar surface area (TPSA) is 47.3 Å². The highest BCUT2D eigenvalue weighted by Crippen LogP contribution is 2.31. The largest absolute Gasteiger partial charge is 0.491 e. The summed E-state index contributed by atoms with van der Waals surface area (Å²) in [5.41, 5.74) is 7.44. The van der Waals surface area contributed by atoms with Gasteiger partial charge < -0.3 is 15.8 Å². The average molecular weight is 281 g/mol. The van der Waals surface area contributed by atoms with E-state index < -0.39 is 5.82 Å². The third-order valence-corrected chi connectivity index (χ3v) is 2.74. The number of benzene rings is 2. The maximum Gasteiger partial charge on any atom is 0.167 e. The predicted molar refractivity (Wildman–Crippen MR) is 76.7 cm³/mol. The van der Waals surface area contributed by atoms with Crippen molar-refractivity contribution in [2.45, 2.75) is 6.92 Å². The van der Waals surface area contributed by atoms with E-state index in [0.717, 1.165) is 5.69 Å². The fraction of sp³-hybridized carbons (Fsp3) is 0.143. The number of hydrogen-bond acceptors (Lipinski definition) is 3. The fourth-order valence-corrected chi connectivity index (χ4v) is 1.86. The molecular weight excluding hydrogens is 267 g/mol. The minimum absolute atomic E-state index is 0.168. The van der Waals surface area contributed by atoms with E-state index in [4.69, 9.17) is 22.1 Å². The van der Waals surface area contributed by atoms with E-state index in [1.807, 2.05) is 12.1 Å². The Morgan fingerprint density at radius 1 is 1.32 bits per heavy atom. The van der Waals surface area contributed by atoms with Gasteiger partial charge in [0.05, 0.1) is 18.0 Å². The third-order valence-electron chi connectivity index (χ3n) is 2.51. The summed E-state index contributed by atoms with van der Waals surface area (Å²) in [5, 5.41) is 3.69. The first-order chi connectivity index (χ1) is 9.10. The van der Waals surface area contributed by atoms with Crippen molar-refractivity contribution in [3.05, 3.63) is 47.2 Å². The van der Waals surface area contributed by atoms with Crippen LogP contribution < -0.4 is 15.8 Å². The third kappa shape index (κ3) is 3.29. The summed E-state index contributed by atoms with van der Waals surface area (Å²) < 4.78 is 18.8. The Balaban J connectivity index is 2.31. The lowest BCUT2D eigenvalue weighted by atomic mass is 10.2. The van der Waals surface area contributed by atoms with Gasteiger partial charge in [-0.25, -0.2) is 4.39 Å². The van der Waals surface area contributed by atoms with Crippen LogP contribution in [0.2, 0.25) is 5.02 Å². The summed E-state index contributed by atoms with van der Waals surface area (Å²) in [6.07, 6.45) is 0. The lowest BCUT2D eigenvalue weighted by molar-refractivity contribution is 0.322. The predicted octanol–water partition coefficient (Wildman–Crippen LogP) is 4.20. The van der Waals surface area contributed by atoms with Gasteiger partial charge in [-0.1, -0.05) is 17.7 Å². The molecule has 0 saturated carbocycles. The molecule has 2 rings (SSSR count). The molecule has 0 heterocycles. The first-order valence-electron chi connectivity index (χ1n) is 5.84. The van der Waals surface area contributed by atoms with Crippen molar-refractivity contribution < 1.29 is 9.13 Å². The molecule has 0 aliphatic heterocycles. The Hall–Kier alpha value is -1.94. The summed E-state index contributed by atoms with van der Waals surface area (Å²) in [7, 11) is 0. The molecule has 19 heavy (non-hydrogen) atoms. The number of nitrogens with one attached hydrogen (secondary N) is 1. The molecule has 0 spiro atoms. The van der Waals surface area contributed by atoms with E-state index in [1.165, 1.54) is 12.1 Å². The zero-order valence-electron chi connectivity index (χ0n) is 10.4. The zero-order valence-corrected chi connectivity index (χ0v) is 11.2. The van der Waals surface area contributed by atoms with Gasteiger partial charge in [0.25, 0.3) is 0 Å². The molecule has 100 valence electrons. The fourth-order valence-electron chi connectivity index (χ4n) is 1.66. The van der Waals surface area contributed by atoms with Crippen LogP contribution >= 0.6 is 11.6 Å². The highest BCUT2D eigenvalue weighted by Gasteiger charge is 2.09. The maximum atomic E-state index is 13.6. The summed E-state index contributed by atoms with van der Waals surface area (Å²) in [6, 6.07) is 9.95. The van der Waals surface area contributed by atoms with Gasteiger partial charge in [-0.2, -0.15) is 0 Å². The first-order valence-corrected chi connectivity index (χ1v) is 6.22. The van der Waals surface area contributed by atoms with E-state index >= 15 is 0 Å².